The molecule has 0 saturated carbocycles. The Balaban J connectivity index is 1.95. The molecule has 1 saturated heterocycles. The molecule has 2 N–H and O–H groups in total. The maximum absolute atomic E-state index is 5.45. The first-order valence-electron chi connectivity index (χ1n) is 9.15. The van der Waals surface area contributed by atoms with Crippen molar-refractivity contribution in [1.82, 2.24) is 15.5 Å². The number of aliphatic imine (C=N–C) groups is 1. The molecule has 1 aromatic carbocycles. The molecule has 1 aliphatic rings. The molecule has 6 nitrogen and oxygen atoms in total. The lowest BCUT2D eigenvalue weighted by Gasteiger charge is -2.16. The molecule has 25 heavy (non-hydrogen) atoms. The van der Waals surface area contributed by atoms with Crippen molar-refractivity contribution in [3.63, 3.8) is 0 Å². The maximum Gasteiger partial charge on any atom is 0.191 e. The molecule has 1 aliphatic heterocycles. The van der Waals surface area contributed by atoms with Gasteiger partial charge in [0.2, 0.25) is 0 Å². The van der Waals surface area contributed by atoms with E-state index in [1.165, 1.54) is 19.5 Å². The van der Waals surface area contributed by atoms with Crippen molar-refractivity contribution in [2.24, 2.45) is 10.9 Å². The van der Waals surface area contributed by atoms with Crippen molar-refractivity contribution in [2.75, 3.05) is 46.9 Å². The van der Waals surface area contributed by atoms with Gasteiger partial charge < -0.3 is 25.0 Å². The Morgan fingerprint density at radius 3 is 2.72 bits per heavy atom. The Morgan fingerprint density at radius 2 is 2.08 bits per heavy atom. The SMILES string of the molecule is CCNC(=NCc1ccc(OC)cc1OC)NCC1CCN(CC)C1. The first kappa shape index (κ1) is 19.4. The van der Waals surface area contributed by atoms with E-state index in [1.54, 1.807) is 14.2 Å². The van der Waals surface area contributed by atoms with Gasteiger partial charge in [0.1, 0.15) is 11.5 Å². The highest BCUT2D eigenvalue weighted by atomic mass is 16.5. The van der Waals surface area contributed by atoms with Gasteiger partial charge in [0.25, 0.3) is 0 Å². The number of ether oxygens (including phenoxy) is 2. The number of hydrogen-bond acceptors (Lipinski definition) is 4. The summed E-state index contributed by atoms with van der Waals surface area (Å²) in [5.74, 6) is 3.14. The van der Waals surface area contributed by atoms with E-state index in [2.05, 4.69) is 29.4 Å². The van der Waals surface area contributed by atoms with E-state index in [1.807, 2.05) is 18.2 Å². The van der Waals surface area contributed by atoms with E-state index < -0.39 is 0 Å². The average Bonchev–Trinajstić information content (AvgIpc) is 3.12. The fourth-order valence-electron chi connectivity index (χ4n) is 3.10. The summed E-state index contributed by atoms with van der Waals surface area (Å²) in [5.41, 5.74) is 1.04. The minimum Gasteiger partial charge on any atom is -0.497 e. The van der Waals surface area contributed by atoms with E-state index in [0.29, 0.717) is 12.5 Å². The predicted octanol–water partition coefficient (Wildman–Crippen LogP) is 2.10. The number of nitrogens with zero attached hydrogens (tertiary/aromatic N) is 2. The van der Waals surface area contributed by atoms with Gasteiger partial charge in [0.05, 0.1) is 20.8 Å². The van der Waals surface area contributed by atoms with Crippen molar-refractivity contribution < 1.29 is 9.47 Å². The summed E-state index contributed by atoms with van der Waals surface area (Å²) in [6, 6.07) is 5.83. The van der Waals surface area contributed by atoms with E-state index >= 15 is 0 Å². The van der Waals surface area contributed by atoms with E-state index in [9.17, 15) is 0 Å². The van der Waals surface area contributed by atoms with E-state index in [4.69, 9.17) is 14.5 Å². The monoisotopic (exact) mass is 348 g/mol. The fraction of sp³-hybridized carbons (Fsp3) is 0.632. The number of guanidine groups is 1. The van der Waals surface area contributed by atoms with Crippen molar-refractivity contribution >= 4 is 5.96 Å². The fourth-order valence-corrected chi connectivity index (χ4v) is 3.10. The van der Waals surface area contributed by atoms with Crippen LogP contribution in [0.15, 0.2) is 23.2 Å². The summed E-state index contributed by atoms with van der Waals surface area (Å²) in [6.07, 6.45) is 1.26. The van der Waals surface area contributed by atoms with Gasteiger partial charge in [0.15, 0.2) is 5.96 Å². The van der Waals surface area contributed by atoms with E-state index in [0.717, 1.165) is 42.7 Å². The van der Waals surface area contributed by atoms with Crippen LogP contribution in [0.3, 0.4) is 0 Å². The van der Waals surface area contributed by atoms with Crippen molar-refractivity contribution in [3.8, 4) is 11.5 Å². The normalized spacial score (nSPS) is 18.2. The number of rotatable bonds is 8. The lowest BCUT2D eigenvalue weighted by atomic mass is 10.1. The number of likely N-dealkylation sites (tertiary alicyclic amines) is 1. The third kappa shape index (κ3) is 5.81. The predicted molar refractivity (Wildman–Crippen MR) is 103 cm³/mol. The Bertz CT molecular complexity index is 562. The highest BCUT2D eigenvalue weighted by Crippen LogP contribution is 2.25. The van der Waals surface area contributed by atoms with Gasteiger partial charge in [0, 0.05) is 31.3 Å². The van der Waals surface area contributed by atoms with Crippen LogP contribution < -0.4 is 20.1 Å². The molecule has 1 aromatic rings. The molecule has 0 radical (unpaired) electrons. The molecule has 0 aliphatic carbocycles. The number of hydrogen-bond donors (Lipinski definition) is 2. The number of benzene rings is 1. The molecular weight excluding hydrogens is 316 g/mol. The summed E-state index contributed by atoms with van der Waals surface area (Å²) in [6.45, 7) is 10.2. The molecule has 2 rings (SSSR count). The van der Waals surface area contributed by atoms with Crippen LogP contribution in [-0.2, 0) is 6.54 Å². The maximum atomic E-state index is 5.45. The van der Waals surface area contributed by atoms with Crippen LogP contribution in [0, 0.1) is 5.92 Å². The third-order valence-electron chi connectivity index (χ3n) is 4.62. The summed E-state index contributed by atoms with van der Waals surface area (Å²) in [5, 5.41) is 6.81. The minimum absolute atomic E-state index is 0.564. The smallest absolute Gasteiger partial charge is 0.191 e. The summed E-state index contributed by atoms with van der Waals surface area (Å²) >= 11 is 0. The van der Waals surface area contributed by atoms with Crippen molar-refractivity contribution in [2.45, 2.75) is 26.8 Å². The van der Waals surface area contributed by atoms with Gasteiger partial charge in [-0.2, -0.15) is 0 Å². The molecule has 6 heteroatoms. The zero-order chi connectivity index (χ0) is 18.1. The molecule has 0 spiro atoms. The zero-order valence-corrected chi connectivity index (χ0v) is 16.0. The van der Waals surface area contributed by atoms with Crippen molar-refractivity contribution in [1.29, 1.82) is 0 Å². The molecule has 1 heterocycles. The second kappa shape index (κ2) is 10.1. The molecule has 1 unspecified atom stereocenters. The van der Waals surface area contributed by atoms with Gasteiger partial charge in [-0.3, -0.25) is 0 Å². The number of nitrogens with one attached hydrogen (secondary N) is 2. The van der Waals surface area contributed by atoms with E-state index in [-0.39, 0.29) is 0 Å². The van der Waals surface area contributed by atoms with Gasteiger partial charge in [-0.1, -0.05) is 6.92 Å². The Kier molecular flexibility index (Phi) is 7.85. The molecule has 0 amide bonds. The lowest BCUT2D eigenvalue weighted by molar-refractivity contribution is 0.342. The van der Waals surface area contributed by atoms with Crippen LogP contribution in [-0.4, -0.2) is 57.8 Å². The Labute approximate surface area is 151 Å². The second-order valence-electron chi connectivity index (χ2n) is 6.30. The second-order valence-corrected chi connectivity index (χ2v) is 6.30. The highest BCUT2D eigenvalue weighted by molar-refractivity contribution is 5.79. The molecule has 1 fully saturated rings. The van der Waals surface area contributed by atoms with Crippen molar-refractivity contribution in [3.05, 3.63) is 23.8 Å². The van der Waals surface area contributed by atoms with Crippen LogP contribution in [0.4, 0.5) is 0 Å². The van der Waals surface area contributed by atoms with Gasteiger partial charge in [-0.15, -0.1) is 0 Å². The summed E-state index contributed by atoms with van der Waals surface area (Å²) < 4.78 is 10.7. The third-order valence-corrected chi connectivity index (χ3v) is 4.62. The first-order valence-corrected chi connectivity index (χ1v) is 9.15. The van der Waals surface area contributed by atoms with Crippen LogP contribution in [0.25, 0.3) is 0 Å². The minimum atomic E-state index is 0.564. The van der Waals surface area contributed by atoms with Crippen LogP contribution in [0.1, 0.15) is 25.8 Å². The quantitative estimate of drug-likeness (QED) is 0.557. The highest BCUT2D eigenvalue weighted by Gasteiger charge is 2.21. The summed E-state index contributed by atoms with van der Waals surface area (Å²) in [4.78, 5) is 7.21. The van der Waals surface area contributed by atoms with Crippen LogP contribution in [0.5, 0.6) is 11.5 Å². The zero-order valence-electron chi connectivity index (χ0n) is 16.0. The molecule has 0 bridgehead atoms. The molecule has 0 aromatic heterocycles. The Morgan fingerprint density at radius 1 is 1.24 bits per heavy atom. The van der Waals surface area contributed by atoms with Gasteiger partial charge in [-0.05, 0) is 44.5 Å². The van der Waals surface area contributed by atoms with Crippen LogP contribution >= 0.6 is 0 Å². The molecular formula is C19H32N4O2. The number of methoxy groups -OCH3 is 2. The molecule has 1 atom stereocenters. The molecule has 140 valence electrons. The summed E-state index contributed by atoms with van der Waals surface area (Å²) in [7, 11) is 3.33. The first-order chi connectivity index (χ1) is 12.2. The lowest BCUT2D eigenvalue weighted by Crippen LogP contribution is -2.40. The standard InChI is InChI=1S/C19H32N4O2/c1-5-20-19(21-12-15-9-10-23(6-2)14-15)22-13-16-7-8-17(24-3)11-18(16)25-4/h7-8,11,15H,5-6,9-10,12-14H2,1-4H3,(H2,20,21,22). The Hall–Kier alpha value is -1.95. The van der Waals surface area contributed by atoms with Gasteiger partial charge in [-0.25, -0.2) is 4.99 Å². The van der Waals surface area contributed by atoms with Gasteiger partial charge >= 0.3 is 0 Å². The largest absolute Gasteiger partial charge is 0.497 e. The average molecular weight is 348 g/mol. The van der Waals surface area contributed by atoms with Crippen LogP contribution in [0.2, 0.25) is 0 Å². The topological polar surface area (TPSA) is 58.1 Å².